The number of rotatable bonds is 3. The van der Waals surface area contributed by atoms with E-state index in [2.05, 4.69) is 25.5 Å². The van der Waals surface area contributed by atoms with E-state index >= 15 is 0 Å². The van der Waals surface area contributed by atoms with Crippen molar-refractivity contribution in [2.45, 2.75) is 6.92 Å². The molecule has 2 N–H and O–H groups in total. The molecule has 1 aromatic carbocycles. The van der Waals surface area contributed by atoms with Crippen molar-refractivity contribution < 1.29 is 19.9 Å². The van der Waals surface area contributed by atoms with Gasteiger partial charge in [-0.1, -0.05) is 4.49 Å². The van der Waals surface area contributed by atoms with Crippen LogP contribution in [0.2, 0.25) is 0 Å². The number of nitro benzene ring substituents is 1. The number of phenols is 2. The summed E-state index contributed by atoms with van der Waals surface area (Å²) in [6.07, 6.45) is 0. The van der Waals surface area contributed by atoms with Crippen LogP contribution in [0.15, 0.2) is 28.9 Å². The van der Waals surface area contributed by atoms with Gasteiger partial charge >= 0.3 is 5.69 Å². The first kappa shape index (κ1) is 17.0. The molecule has 25 heavy (non-hydrogen) atoms. The van der Waals surface area contributed by atoms with E-state index in [9.17, 15) is 25.5 Å². The van der Waals surface area contributed by atoms with Gasteiger partial charge in [-0.05, 0) is 23.7 Å². The summed E-state index contributed by atoms with van der Waals surface area (Å²) in [7, 11) is 0. The smallest absolute Gasteiger partial charge is 0.315 e. The molecule has 0 aliphatic rings. The fourth-order valence-corrected chi connectivity index (χ4v) is 3.66. The summed E-state index contributed by atoms with van der Waals surface area (Å²) >= 11 is 4.22. The summed E-state index contributed by atoms with van der Waals surface area (Å²) in [6, 6.07) is 5.55. The Morgan fingerprint density at radius 3 is 2.72 bits per heavy atom. The van der Waals surface area contributed by atoms with Crippen molar-refractivity contribution in [2.24, 2.45) is 0 Å². The molecule has 0 atom stereocenters. The molecule has 2 aromatic heterocycles. The highest BCUT2D eigenvalue weighted by Gasteiger charge is 2.25. The Hall–Kier alpha value is -2.79. The van der Waals surface area contributed by atoms with Gasteiger partial charge in [-0.15, -0.1) is 5.10 Å². The number of nitrogens with zero attached hydrogens (tertiary/aromatic N) is 4. The van der Waals surface area contributed by atoms with Crippen molar-refractivity contribution >= 4 is 33.1 Å². The fourth-order valence-electron chi connectivity index (χ4n) is 2.21. The number of nitro groups is 1. The number of pyridine rings is 1. The van der Waals surface area contributed by atoms with Gasteiger partial charge < -0.3 is 15.4 Å². The number of aryl methyl sites for hydroxylation is 1. The molecule has 0 aliphatic carbocycles. The average Bonchev–Trinajstić information content (AvgIpc) is 3.04. The summed E-state index contributed by atoms with van der Waals surface area (Å²) in [5.74, 6) is -1.47. The summed E-state index contributed by atoms with van der Waals surface area (Å²) in [4.78, 5) is 10.7. The van der Waals surface area contributed by atoms with Gasteiger partial charge in [-0.25, -0.2) is 0 Å². The lowest BCUT2D eigenvalue weighted by Crippen LogP contribution is -2.32. The maximum atomic E-state index is 12.0. The van der Waals surface area contributed by atoms with Gasteiger partial charge in [0, 0.05) is 40.5 Å². The Balaban J connectivity index is 2.22. The molecule has 3 aromatic rings. The minimum absolute atomic E-state index is 0.190. The normalized spacial score (nSPS) is 10.8. The summed E-state index contributed by atoms with van der Waals surface area (Å²) in [5.41, 5.74) is 0.757. The molecule has 0 saturated carbocycles. The van der Waals surface area contributed by atoms with Gasteiger partial charge in [-0.3, -0.25) is 10.1 Å². The number of aromatic nitrogens is 3. The van der Waals surface area contributed by atoms with Gasteiger partial charge in [0.25, 0.3) is 4.60 Å². The largest absolute Gasteiger partial charge is 0.618 e. The minimum Gasteiger partial charge on any atom is -0.618 e. The third kappa shape index (κ3) is 2.87. The molecule has 3 rings (SSSR count). The average molecular weight is 425 g/mol. The highest BCUT2D eigenvalue weighted by Crippen LogP contribution is 2.42. The fraction of sp³-hybridized carbons (Fsp3) is 0.0714. The molecule has 0 unspecified atom stereocenters. The second-order valence-corrected chi connectivity index (χ2v) is 6.55. The van der Waals surface area contributed by atoms with Crippen LogP contribution in [0.25, 0.3) is 21.7 Å². The van der Waals surface area contributed by atoms with Crippen molar-refractivity contribution in [1.29, 1.82) is 0 Å². The Bertz CT molecular complexity index is 1010. The quantitative estimate of drug-likeness (QED) is 0.164. The summed E-state index contributed by atoms with van der Waals surface area (Å²) < 4.78 is 4.78. The zero-order chi connectivity index (χ0) is 18.3. The summed E-state index contributed by atoms with van der Waals surface area (Å²) in [5, 5.41) is 46.4. The Morgan fingerprint density at radius 2 is 2.04 bits per heavy atom. The van der Waals surface area contributed by atoms with Crippen LogP contribution in [0.4, 0.5) is 5.69 Å². The monoisotopic (exact) mass is 424 g/mol. The molecule has 0 fully saturated rings. The number of benzene rings is 1. The van der Waals surface area contributed by atoms with Crippen molar-refractivity contribution in [3.8, 4) is 33.2 Å². The van der Waals surface area contributed by atoms with E-state index in [0.29, 0.717) is 20.9 Å². The third-order valence-electron chi connectivity index (χ3n) is 3.48. The first-order chi connectivity index (χ1) is 11.8. The molecule has 9 nitrogen and oxygen atoms in total. The van der Waals surface area contributed by atoms with E-state index in [-0.39, 0.29) is 15.9 Å². The number of aromatic hydroxyl groups is 2. The van der Waals surface area contributed by atoms with E-state index in [1.54, 1.807) is 19.1 Å². The lowest BCUT2D eigenvalue weighted by molar-refractivity contribution is -0.623. The van der Waals surface area contributed by atoms with Crippen molar-refractivity contribution in [1.82, 2.24) is 9.59 Å². The Labute approximate surface area is 152 Å². The lowest BCUT2D eigenvalue weighted by atomic mass is 10.1. The van der Waals surface area contributed by atoms with Crippen LogP contribution >= 0.6 is 27.5 Å². The van der Waals surface area contributed by atoms with E-state index in [4.69, 9.17) is 0 Å². The highest BCUT2D eigenvalue weighted by atomic mass is 79.9. The van der Waals surface area contributed by atoms with Crippen LogP contribution in [-0.4, -0.2) is 24.7 Å². The second-order valence-electron chi connectivity index (χ2n) is 5.04. The lowest BCUT2D eigenvalue weighted by Gasteiger charge is -2.08. The minimum atomic E-state index is -0.826. The van der Waals surface area contributed by atoms with Crippen LogP contribution in [-0.2, 0) is 0 Å². The molecule has 128 valence electrons. The van der Waals surface area contributed by atoms with Gasteiger partial charge in [-0.2, -0.15) is 4.73 Å². The van der Waals surface area contributed by atoms with Crippen LogP contribution in [0.5, 0.6) is 11.5 Å². The molecule has 0 spiro atoms. The van der Waals surface area contributed by atoms with Crippen molar-refractivity contribution in [3.63, 3.8) is 0 Å². The third-order valence-corrected chi connectivity index (χ3v) is 4.99. The van der Waals surface area contributed by atoms with Crippen molar-refractivity contribution in [2.75, 3.05) is 0 Å². The van der Waals surface area contributed by atoms with E-state index in [0.717, 1.165) is 23.7 Å². The maximum Gasteiger partial charge on any atom is 0.315 e. The molecule has 0 saturated heterocycles. The van der Waals surface area contributed by atoms with Gasteiger partial charge in [0.1, 0.15) is 5.69 Å². The number of hydrogen-bond acceptors (Lipinski definition) is 8. The van der Waals surface area contributed by atoms with Gasteiger partial charge in [0.15, 0.2) is 11.4 Å². The molecule has 2 heterocycles. The van der Waals surface area contributed by atoms with Crippen LogP contribution in [0.3, 0.4) is 0 Å². The van der Waals surface area contributed by atoms with E-state index in [1.165, 1.54) is 0 Å². The van der Waals surface area contributed by atoms with Gasteiger partial charge in [0.05, 0.1) is 15.4 Å². The van der Waals surface area contributed by atoms with Crippen LogP contribution < -0.4 is 4.73 Å². The SMILES string of the molecule is Cc1ccc(-c2snnc2-c2cc(O)c(O)c([N+](=O)[O-])c2)c(Br)[n+]1[O-]. The predicted octanol–water partition coefficient (Wildman–Crippen LogP) is 2.90. The molecular weight excluding hydrogens is 416 g/mol. The second kappa shape index (κ2) is 6.26. The first-order valence-electron chi connectivity index (χ1n) is 6.73. The zero-order valence-electron chi connectivity index (χ0n) is 12.5. The highest BCUT2D eigenvalue weighted by molar-refractivity contribution is 9.10. The zero-order valence-corrected chi connectivity index (χ0v) is 14.9. The molecule has 0 radical (unpaired) electrons. The van der Waals surface area contributed by atoms with E-state index in [1.807, 2.05) is 0 Å². The van der Waals surface area contributed by atoms with Crippen LogP contribution in [0, 0.1) is 22.2 Å². The Kier molecular flexibility index (Phi) is 4.27. The number of halogens is 1. The van der Waals surface area contributed by atoms with Gasteiger partial charge in [0.2, 0.25) is 5.75 Å². The molecule has 0 bridgehead atoms. The number of hydrogen-bond donors (Lipinski definition) is 2. The van der Waals surface area contributed by atoms with E-state index < -0.39 is 22.1 Å². The number of phenolic OH excluding ortho intramolecular Hbond substituents is 2. The Morgan fingerprint density at radius 1 is 1.32 bits per heavy atom. The standard InChI is InChI=1S/C14H9BrN4O5S/c1-6-2-3-8(14(15)18(6)22)13-11(16-17-25-13)7-4-9(19(23)24)12(21)10(20)5-7/h2-5,20-21H,1H3. The molecular formula is C14H9BrN4O5S. The molecule has 11 heteroatoms. The topological polar surface area (TPSA) is 136 Å². The maximum absolute atomic E-state index is 12.0. The first-order valence-corrected chi connectivity index (χ1v) is 8.30. The summed E-state index contributed by atoms with van der Waals surface area (Å²) in [6.45, 7) is 1.65. The molecule has 0 amide bonds. The van der Waals surface area contributed by atoms with Crippen LogP contribution in [0.1, 0.15) is 5.69 Å². The van der Waals surface area contributed by atoms with Crippen molar-refractivity contribution in [3.05, 3.63) is 49.9 Å². The predicted molar refractivity (Wildman–Crippen MR) is 92.2 cm³/mol. The molecule has 0 aliphatic heterocycles.